The Balaban J connectivity index is 0.000000828. The molecule has 0 unspecified atom stereocenters. The van der Waals surface area contributed by atoms with Crippen LogP contribution in [0, 0.1) is 19.7 Å². The van der Waals surface area contributed by atoms with E-state index in [9.17, 15) is 9.18 Å². The van der Waals surface area contributed by atoms with E-state index in [1.165, 1.54) is 5.56 Å². The molecule has 2 rings (SSSR count). The molecule has 0 fully saturated rings. The molecular weight excluding hydrogens is 347 g/mol. The van der Waals surface area contributed by atoms with E-state index in [2.05, 4.69) is 10.6 Å². The molecule has 0 spiro atoms. The van der Waals surface area contributed by atoms with Crippen molar-refractivity contribution in [3.05, 3.63) is 64.0 Å². The third-order valence-corrected chi connectivity index (χ3v) is 3.96. The molecule has 2 N–H and O–H groups in total. The van der Waals surface area contributed by atoms with Gasteiger partial charge in [0.15, 0.2) is 17.9 Å². The summed E-state index contributed by atoms with van der Waals surface area (Å²) in [5, 5.41) is 5.17. The van der Waals surface area contributed by atoms with E-state index >= 15 is 0 Å². The number of ether oxygens (including phenoxy) is 1. The topological polar surface area (TPSA) is 67.4 Å². The monoisotopic (exact) mass is 374 g/mol. The summed E-state index contributed by atoms with van der Waals surface area (Å²) in [7, 11) is 3.35. The Morgan fingerprint density at radius 1 is 1.11 bits per heavy atom. The molecule has 146 valence electrons. The van der Waals surface area contributed by atoms with Crippen LogP contribution >= 0.6 is 0 Å². The van der Waals surface area contributed by atoms with E-state index in [0.29, 0.717) is 37.8 Å². The van der Waals surface area contributed by atoms with Gasteiger partial charge in [-0.25, -0.2) is 4.39 Å². The standard InChI is InChI=1S/C19H22FNO2.C2H5NO/c1-13-4-6-15(7-5-13)10-16-11-17(12-22)19(18(20)14(16)2)23-9-8-21-3;1-3-2-4/h4-7,11-12,21H,8-10H2,1-3H3;2H,1H3,(H,3,4). The van der Waals surface area contributed by atoms with Gasteiger partial charge >= 0.3 is 0 Å². The van der Waals surface area contributed by atoms with Crippen LogP contribution in [0.3, 0.4) is 0 Å². The van der Waals surface area contributed by atoms with Gasteiger partial charge in [-0.1, -0.05) is 29.8 Å². The predicted octanol–water partition coefficient (Wildman–Crippen LogP) is 2.81. The minimum Gasteiger partial charge on any atom is -0.488 e. The Hall–Kier alpha value is -2.73. The van der Waals surface area contributed by atoms with Crippen LogP contribution in [0.4, 0.5) is 4.39 Å². The molecule has 0 aromatic heterocycles. The number of hydrogen-bond donors (Lipinski definition) is 2. The fraction of sp³-hybridized carbons (Fsp3) is 0.333. The number of hydrogen-bond acceptors (Lipinski definition) is 4. The van der Waals surface area contributed by atoms with Crippen molar-refractivity contribution in [2.75, 3.05) is 27.2 Å². The molecule has 0 aliphatic rings. The Bertz CT molecular complexity index is 746. The molecule has 1 amide bonds. The Labute approximate surface area is 159 Å². The first-order valence-electron chi connectivity index (χ1n) is 8.69. The number of rotatable bonds is 8. The summed E-state index contributed by atoms with van der Waals surface area (Å²) >= 11 is 0. The zero-order valence-corrected chi connectivity index (χ0v) is 16.3. The van der Waals surface area contributed by atoms with Gasteiger partial charge in [0.2, 0.25) is 6.41 Å². The molecule has 2 aromatic carbocycles. The molecular formula is C21H27FN2O3. The lowest BCUT2D eigenvalue weighted by molar-refractivity contribution is -0.109. The number of amides is 1. The van der Waals surface area contributed by atoms with Gasteiger partial charge in [0.25, 0.3) is 0 Å². The van der Waals surface area contributed by atoms with Crippen molar-refractivity contribution >= 4 is 12.7 Å². The molecule has 0 saturated heterocycles. The molecule has 2 aromatic rings. The molecule has 0 aliphatic heterocycles. The largest absolute Gasteiger partial charge is 0.488 e. The van der Waals surface area contributed by atoms with Crippen LogP contribution < -0.4 is 15.4 Å². The quantitative estimate of drug-likeness (QED) is 0.551. The summed E-state index contributed by atoms with van der Waals surface area (Å²) in [4.78, 5) is 20.4. The smallest absolute Gasteiger partial charge is 0.206 e. The van der Waals surface area contributed by atoms with Crippen LogP contribution in [0.15, 0.2) is 30.3 Å². The van der Waals surface area contributed by atoms with Crippen LogP contribution in [0.1, 0.15) is 32.6 Å². The second-order valence-electron chi connectivity index (χ2n) is 6.03. The average molecular weight is 374 g/mol. The Morgan fingerprint density at radius 3 is 2.26 bits per heavy atom. The maximum absolute atomic E-state index is 14.6. The molecule has 0 heterocycles. The van der Waals surface area contributed by atoms with Gasteiger partial charge in [0, 0.05) is 13.6 Å². The van der Waals surface area contributed by atoms with Crippen molar-refractivity contribution < 1.29 is 18.7 Å². The third kappa shape index (κ3) is 6.83. The molecule has 0 atom stereocenters. The Kier molecular flexibility index (Phi) is 9.75. The lowest BCUT2D eigenvalue weighted by Crippen LogP contribution is -2.17. The van der Waals surface area contributed by atoms with E-state index in [-0.39, 0.29) is 11.3 Å². The predicted molar refractivity (Wildman–Crippen MR) is 105 cm³/mol. The molecule has 6 heteroatoms. The second kappa shape index (κ2) is 11.8. The minimum atomic E-state index is -0.451. The zero-order chi connectivity index (χ0) is 20.2. The average Bonchev–Trinajstić information content (AvgIpc) is 2.69. The van der Waals surface area contributed by atoms with Gasteiger partial charge in [-0.05, 0) is 50.1 Å². The minimum absolute atomic E-state index is 0.0420. The van der Waals surface area contributed by atoms with Crippen LogP contribution in [0.2, 0.25) is 0 Å². The molecule has 0 saturated carbocycles. The van der Waals surface area contributed by atoms with Crippen LogP contribution in [0.25, 0.3) is 0 Å². The normalized spacial score (nSPS) is 9.81. The summed E-state index contributed by atoms with van der Waals surface area (Å²) in [5.74, 6) is -0.409. The first-order valence-corrected chi connectivity index (χ1v) is 8.69. The van der Waals surface area contributed by atoms with E-state index in [1.54, 1.807) is 27.1 Å². The number of nitrogens with one attached hydrogen (secondary N) is 2. The molecule has 27 heavy (non-hydrogen) atoms. The van der Waals surface area contributed by atoms with E-state index in [1.807, 2.05) is 31.2 Å². The number of aryl methyl sites for hydroxylation is 1. The van der Waals surface area contributed by atoms with Crippen LogP contribution in [-0.4, -0.2) is 39.9 Å². The SMILES string of the molecule is CNC=O.CNCCOc1c(C=O)cc(Cc2ccc(C)cc2)c(C)c1F. The van der Waals surface area contributed by atoms with Crippen molar-refractivity contribution in [2.24, 2.45) is 0 Å². The molecule has 0 bridgehead atoms. The number of halogens is 1. The number of carbonyl (C=O) groups is 2. The van der Waals surface area contributed by atoms with Crippen molar-refractivity contribution in [3.63, 3.8) is 0 Å². The summed E-state index contributed by atoms with van der Waals surface area (Å²) in [5.41, 5.74) is 3.84. The Morgan fingerprint density at radius 2 is 1.74 bits per heavy atom. The van der Waals surface area contributed by atoms with Gasteiger partial charge in [-0.3, -0.25) is 9.59 Å². The summed E-state index contributed by atoms with van der Waals surface area (Å²) in [6.07, 6.45) is 1.86. The lowest BCUT2D eigenvalue weighted by atomic mass is 9.97. The van der Waals surface area contributed by atoms with Gasteiger partial charge in [0.1, 0.15) is 6.61 Å². The highest BCUT2D eigenvalue weighted by molar-refractivity contribution is 5.80. The summed E-state index contributed by atoms with van der Waals surface area (Å²) < 4.78 is 20.0. The number of carbonyl (C=O) groups excluding carboxylic acids is 2. The van der Waals surface area contributed by atoms with E-state index in [0.717, 1.165) is 11.1 Å². The van der Waals surface area contributed by atoms with Gasteiger partial charge in [-0.2, -0.15) is 0 Å². The molecule has 0 aliphatic carbocycles. The highest BCUT2D eigenvalue weighted by atomic mass is 19.1. The maximum atomic E-state index is 14.6. The van der Waals surface area contributed by atoms with E-state index < -0.39 is 5.82 Å². The zero-order valence-electron chi connectivity index (χ0n) is 16.3. The van der Waals surface area contributed by atoms with Crippen molar-refractivity contribution in [3.8, 4) is 5.75 Å². The fourth-order valence-electron chi connectivity index (χ4n) is 2.40. The molecule has 0 radical (unpaired) electrons. The summed E-state index contributed by atoms with van der Waals surface area (Å²) in [6.45, 7) is 4.64. The van der Waals surface area contributed by atoms with Crippen LogP contribution in [0.5, 0.6) is 5.75 Å². The van der Waals surface area contributed by atoms with Crippen molar-refractivity contribution in [1.82, 2.24) is 10.6 Å². The number of benzene rings is 2. The van der Waals surface area contributed by atoms with Gasteiger partial charge in [0.05, 0.1) is 5.56 Å². The van der Waals surface area contributed by atoms with Gasteiger partial charge < -0.3 is 15.4 Å². The van der Waals surface area contributed by atoms with Crippen LogP contribution in [-0.2, 0) is 11.2 Å². The first-order chi connectivity index (χ1) is 13.0. The lowest BCUT2D eigenvalue weighted by Gasteiger charge is -2.15. The fourth-order valence-corrected chi connectivity index (χ4v) is 2.40. The molecule has 5 nitrogen and oxygen atoms in total. The number of aldehydes is 1. The highest BCUT2D eigenvalue weighted by Crippen LogP contribution is 2.29. The number of likely N-dealkylation sites (N-methyl/N-ethyl adjacent to an activating group) is 1. The van der Waals surface area contributed by atoms with Crippen molar-refractivity contribution in [2.45, 2.75) is 20.3 Å². The second-order valence-corrected chi connectivity index (χ2v) is 6.03. The first kappa shape index (κ1) is 22.3. The van der Waals surface area contributed by atoms with E-state index in [4.69, 9.17) is 9.53 Å². The van der Waals surface area contributed by atoms with Gasteiger partial charge in [-0.15, -0.1) is 0 Å². The highest BCUT2D eigenvalue weighted by Gasteiger charge is 2.17. The third-order valence-electron chi connectivity index (χ3n) is 3.96. The summed E-state index contributed by atoms with van der Waals surface area (Å²) in [6, 6.07) is 9.81. The van der Waals surface area contributed by atoms with Crippen molar-refractivity contribution in [1.29, 1.82) is 0 Å². The maximum Gasteiger partial charge on any atom is 0.206 e.